The second-order valence-electron chi connectivity index (χ2n) is 4.98. The highest BCUT2D eigenvalue weighted by molar-refractivity contribution is 9.10. The molecule has 2 aromatic rings. The van der Waals surface area contributed by atoms with Gasteiger partial charge in [0.1, 0.15) is 17.5 Å². The molecule has 0 N–H and O–H groups in total. The maximum atomic E-state index is 13.0. The molecule has 0 fully saturated rings. The highest BCUT2D eigenvalue weighted by atomic mass is 79.9. The first-order chi connectivity index (χ1) is 10.1. The summed E-state index contributed by atoms with van der Waals surface area (Å²) in [6, 6.07) is 9.85. The van der Waals surface area contributed by atoms with Gasteiger partial charge in [0.05, 0.1) is 11.5 Å². The molecule has 0 bridgehead atoms. The van der Waals surface area contributed by atoms with E-state index in [1.165, 1.54) is 24.3 Å². The van der Waals surface area contributed by atoms with Crippen molar-refractivity contribution in [1.29, 1.82) is 5.26 Å². The Labute approximate surface area is 144 Å². The zero-order chi connectivity index (χ0) is 16.9. The van der Waals surface area contributed by atoms with Gasteiger partial charge in [-0.05, 0) is 49.7 Å². The SMILES string of the molecule is CC(C)(C#N)c1cc(F)cc(Br)c1.Fc1cc(F)cc(Br)c1. The molecular formula is C16H12Br2F3N. The third-order valence-electron chi connectivity index (χ3n) is 2.69. The third kappa shape index (κ3) is 5.82. The van der Waals surface area contributed by atoms with Gasteiger partial charge < -0.3 is 0 Å². The lowest BCUT2D eigenvalue weighted by atomic mass is 9.86. The van der Waals surface area contributed by atoms with Gasteiger partial charge >= 0.3 is 0 Å². The summed E-state index contributed by atoms with van der Waals surface area (Å²) in [5.74, 6) is -1.46. The topological polar surface area (TPSA) is 23.8 Å². The smallest absolute Gasteiger partial charge is 0.127 e. The summed E-state index contributed by atoms with van der Waals surface area (Å²) in [5.41, 5.74) is 0.0341. The third-order valence-corrected chi connectivity index (χ3v) is 3.61. The number of benzene rings is 2. The van der Waals surface area contributed by atoms with Crippen LogP contribution in [0.1, 0.15) is 19.4 Å². The summed E-state index contributed by atoms with van der Waals surface area (Å²) >= 11 is 6.12. The summed E-state index contributed by atoms with van der Waals surface area (Å²) < 4.78 is 38.3. The van der Waals surface area contributed by atoms with Crippen molar-refractivity contribution in [1.82, 2.24) is 0 Å². The van der Waals surface area contributed by atoms with Crippen molar-refractivity contribution >= 4 is 31.9 Å². The lowest BCUT2D eigenvalue weighted by molar-refractivity contribution is 0.582. The molecule has 0 aliphatic carbocycles. The molecule has 0 saturated carbocycles. The van der Waals surface area contributed by atoms with Crippen molar-refractivity contribution in [3.05, 3.63) is 68.4 Å². The average Bonchev–Trinajstić information content (AvgIpc) is 2.36. The van der Waals surface area contributed by atoms with Crippen LogP contribution in [0.25, 0.3) is 0 Å². The van der Waals surface area contributed by atoms with Crippen molar-refractivity contribution in [2.75, 3.05) is 0 Å². The molecule has 6 heteroatoms. The van der Waals surface area contributed by atoms with Crippen molar-refractivity contribution in [2.45, 2.75) is 19.3 Å². The van der Waals surface area contributed by atoms with E-state index in [1.54, 1.807) is 19.9 Å². The van der Waals surface area contributed by atoms with Gasteiger partial charge in [-0.25, -0.2) is 13.2 Å². The fraction of sp³-hybridized carbons (Fsp3) is 0.188. The van der Waals surface area contributed by atoms with E-state index >= 15 is 0 Å². The van der Waals surface area contributed by atoms with Crippen molar-refractivity contribution < 1.29 is 13.2 Å². The number of nitriles is 1. The van der Waals surface area contributed by atoms with E-state index in [0.29, 0.717) is 14.5 Å². The summed E-state index contributed by atoms with van der Waals surface area (Å²) in [5, 5.41) is 8.84. The standard InChI is InChI=1S/C10H9BrFN.C6H3BrF2/c1-10(2,6-13)7-3-8(11)5-9(12)4-7;7-4-1-5(8)3-6(9)2-4/h3-5H,1-2H3;1-3H. The normalized spacial score (nSPS) is 10.5. The monoisotopic (exact) mass is 433 g/mol. The lowest BCUT2D eigenvalue weighted by Crippen LogP contribution is -2.13. The Kier molecular flexibility index (Phi) is 6.64. The Bertz CT molecular complexity index is 638. The molecule has 0 aliphatic heterocycles. The van der Waals surface area contributed by atoms with Crippen molar-refractivity contribution in [3.63, 3.8) is 0 Å². The largest absolute Gasteiger partial charge is 0.207 e. The van der Waals surface area contributed by atoms with Crippen LogP contribution in [0.15, 0.2) is 45.3 Å². The van der Waals surface area contributed by atoms with Gasteiger partial charge in [-0.2, -0.15) is 5.26 Å². The second-order valence-corrected chi connectivity index (χ2v) is 6.81. The van der Waals surface area contributed by atoms with Crippen LogP contribution in [0.4, 0.5) is 13.2 Å². The fourth-order valence-corrected chi connectivity index (χ4v) is 2.40. The van der Waals surface area contributed by atoms with Crippen LogP contribution in [-0.2, 0) is 5.41 Å². The Hall–Kier alpha value is -1.32. The predicted octanol–water partition coefficient (Wildman–Crippen LogP) is 6.12. The summed E-state index contributed by atoms with van der Waals surface area (Å²) in [6.45, 7) is 3.52. The van der Waals surface area contributed by atoms with Crippen molar-refractivity contribution in [3.8, 4) is 6.07 Å². The van der Waals surface area contributed by atoms with Gasteiger partial charge in [0, 0.05) is 15.0 Å². The summed E-state index contributed by atoms with van der Waals surface area (Å²) in [6.07, 6.45) is 0. The maximum Gasteiger partial charge on any atom is 0.127 e. The Morgan fingerprint density at radius 2 is 1.23 bits per heavy atom. The van der Waals surface area contributed by atoms with E-state index in [2.05, 4.69) is 37.9 Å². The van der Waals surface area contributed by atoms with E-state index in [4.69, 9.17) is 5.26 Å². The minimum absolute atomic E-state index is 0.326. The number of halogens is 5. The van der Waals surface area contributed by atoms with Gasteiger partial charge in [0.15, 0.2) is 0 Å². The Morgan fingerprint density at radius 3 is 1.59 bits per heavy atom. The van der Waals surface area contributed by atoms with E-state index in [9.17, 15) is 13.2 Å². The second kappa shape index (κ2) is 7.80. The Balaban J connectivity index is 0.000000235. The molecule has 0 aliphatic rings. The molecule has 0 spiro atoms. The van der Waals surface area contributed by atoms with Gasteiger partial charge in [-0.15, -0.1) is 0 Å². The van der Waals surface area contributed by atoms with Crippen LogP contribution < -0.4 is 0 Å². The highest BCUT2D eigenvalue weighted by Crippen LogP contribution is 2.26. The summed E-state index contributed by atoms with van der Waals surface area (Å²) in [7, 11) is 0. The minimum atomic E-state index is -0.648. The molecular weight excluding hydrogens is 423 g/mol. The molecule has 0 saturated heterocycles. The molecule has 2 aromatic carbocycles. The molecule has 0 unspecified atom stereocenters. The van der Waals surface area contributed by atoms with E-state index in [-0.39, 0.29) is 5.82 Å². The number of rotatable bonds is 1. The predicted molar refractivity (Wildman–Crippen MR) is 86.8 cm³/mol. The molecule has 0 radical (unpaired) electrons. The maximum absolute atomic E-state index is 13.0. The van der Waals surface area contributed by atoms with Gasteiger partial charge in [-0.3, -0.25) is 0 Å². The number of hydrogen-bond acceptors (Lipinski definition) is 1. The van der Waals surface area contributed by atoms with E-state index in [1.807, 2.05) is 0 Å². The van der Waals surface area contributed by atoms with Crippen molar-refractivity contribution in [2.24, 2.45) is 0 Å². The number of hydrogen-bond donors (Lipinski definition) is 0. The molecule has 2 rings (SSSR count). The highest BCUT2D eigenvalue weighted by Gasteiger charge is 2.20. The van der Waals surface area contributed by atoms with Gasteiger partial charge in [0.2, 0.25) is 0 Å². The first kappa shape index (κ1) is 18.7. The van der Waals surface area contributed by atoms with Crippen LogP contribution in [-0.4, -0.2) is 0 Å². The lowest BCUT2D eigenvalue weighted by Gasteiger charge is -2.15. The van der Waals surface area contributed by atoms with Crippen LogP contribution in [0, 0.1) is 28.8 Å². The molecule has 1 nitrogen and oxygen atoms in total. The molecule has 0 amide bonds. The quantitative estimate of drug-likeness (QED) is 0.530. The summed E-state index contributed by atoms with van der Waals surface area (Å²) in [4.78, 5) is 0. The number of nitrogens with zero attached hydrogens (tertiary/aromatic N) is 1. The molecule has 22 heavy (non-hydrogen) atoms. The zero-order valence-electron chi connectivity index (χ0n) is 11.8. The van der Waals surface area contributed by atoms with Gasteiger partial charge in [0.25, 0.3) is 0 Å². The van der Waals surface area contributed by atoms with E-state index in [0.717, 1.165) is 6.07 Å². The fourth-order valence-electron chi connectivity index (χ4n) is 1.50. The zero-order valence-corrected chi connectivity index (χ0v) is 15.0. The first-order valence-electron chi connectivity index (χ1n) is 6.13. The van der Waals surface area contributed by atoms with Crippen LogP contribution in [0.3, 0.4) is 0 Å². The van der Waals surface area contributed by atoms with Crippen LogP contribution in [0.5, 0.6) is 0 Å². The molecule has 0 heterocycles. The minimum Gasteiger partial charge on any atom is -0.207 e. The molecule has 0 aromatic heterocycles. The molecule has 116 valence electrons. The van der Waals surface area contributed by atoms with Crippen LogP contribution in [0.2, 0.25) is 0 Å². The van der Waals surface area contributed by atoms with Gasteiger partial charge in [-0.1, -0.05) is 31.9 Å². The molecule has 0 atom stereocenters. The Morgan fingerprint density at radius 1 is 0.818 bits per heavy atom. The van der Waals surface area contributed by atoms with Crippen LogP contribution >= 0.6 is 31.9 Å². The first-order valence-corrected chi connectivity index (χ1v) is 7.72. The average molecular weight is 435 g/mol. The van der Waals surface area contributed by atoms with E-state index < -0.39 is 17.0 Å².